The molecule has 1 aromatic rings. The van der Waals surface area contributed by atoms with Crippen molar-refractivity contribution < 1.29 is 19.2 Å². The lowest BCUT2D eigenvalue weighted by atomic mass is 10.2. The Labute approximate surface area is 126 Å². The van der Waals surface area contributed by atoms with Crippen LogP contribution in [-0.2, 0) is 14.3 Å². The average Bonchev–Trinajstić information content (AvgIpc) is 2.47. The van der Waals surface area contributed by atoms with Crippen molar-refractivity contribution in [2.75, 3.05) is 18.2 Å². The van der Waals surface area contributed by atoms with Crippen molar-refractivity contribution in [1.82, 2.24) is 0 Å². The van der Waals surface area contributed by atoms with Gasteiger partial charge in [0.05, 0.1) is 23.7 Å². The molecule has 8 heteroatoms. The quantitative estimate of drug-likeness (QED) is 0.471. The number of hydrogen-bond acceptors (Lipinski definition) is 6. The smallest absolute Gasteiger partial charge is 0.306 e. The average molecular weight is 312 g/mol. The third kappa shape index (κ3) is 5.42. The molecule has 1 aromatic carbocycles. The Morgan fingerprint density at radius 1 is 1.43 bits per heavy atom. The highest BCUT2D eigenvalue weighted by Gasteiger charge is 2.19. The molecule has 0 bridgehead atoms. The van der Waals surface area contributed by atoms with Crippen molar-refractivity contribution in [3.8, 4) is 0 Å². The topological polar surface area (TPSA) is 98.5 Å². The minimum Gasteiger partial charge on any atom is -0.469 e. The monoisotopic (exact) mass is 312 g/mol. The van der Waals surface area contributed by atoms with Crippen molar-refractivity contribution in [2.45, 2.75) is 18.6 Å². The summed E-state index contributed by atoms with van der Waals surface area (Å²) in [7, 11) is 1.30. The number of nitrogens with one attached hydrogen (secondary N) is 1. The molecule has 0 aromatic heterocycles. The number of carbonyl (C=O) groups is 2. The van der Waals surface area contributed by atoms with Crippen LogP contribution in [0.25, 0.3) is 0 Å². The molecule has 0 unspecified atom stereocenters. The number of methoxy groups -OCH3 is 1. The van der Waals surface area contributed by atoms with Crippen LogP contribution in [0.1, 0.15) is 13.3 Å². The number of nitro benzene ring substituents is 1. The maximum atomic E-state index is 12.0. The number of para-hydroxylation sites is 2. The summed E-state index contributed by atoms with van der Waals surface area (Å²) in [6, 6.07) is 5.94. The van der Waals surface area contributed by atoms with E-state index in [9.17, 15) is 19.7 Å². The first kappa shape index (κ1) is 17.0. The predicted molar refractivity (Wildman–Crippen MR) is 80.3 cm³/mol. The molecule has 21 heavy (non-hydrogen) atoms. The summed E-state index contributed by atoms with van der Waals surface area (Å²) in [6.07, 6.45) is 0.213. The first-order valence-electron chi connectivity index (χ1n) is 6.18. The maximum absolute atomic E-state index is 12.0. The summed E-state index contributed by atoms with van der Waals surface area (Å²) in [4.78, 5) is 33.2. The minimum absolute atomic E-state index is 0.155. The van der Waals surface area contributed by atoms with Gasteiger partial charge in [0.15, 0.2) is 0 Å². The molecule has 0 heterocycles. The number of nitro groups is 1. The highest BCUT2D eigenvalue weighted by atomic mass is 32.2. The number of amides is 1. The van der Waals surface area contributed by atoms with E-state index in [1.807, 2.05) is 0 Å². The second kappa shape index (κ2) is 8.25. The SMILES string of the molecule is COC(=O)CCS[C@@H](C)C(=O)Nc1ccccc1[N+](=O)[O-]. The number of benzene rings is 1. The Hall–Kier alpha value is -2.09. The van der Waals surface area contributed by atoms with Crippen LogP contribution in [0.3, 0.4) is 0 Å². The van der Waals surface area contributed by atoms with Crippen molar-refractivity contribution in [1.29, 1.82) is 0 Å². The highest BCUT2D eigenvalue weighted by Crippen LogP contribution is 2.24. The van der Waals surface area contributed by atoms with Gasteiger partial charge < -0.3 is 10.1 Å². The first-order valence-corrected chi connectivity index (χ1v) is 7.23. The Morgan fingerprint density at radius 3 is 2.71 bits per heavy atom. The first-order chi connectivity index (χ1) is 9.95. The van der Waals surface area contributed by atoms with Gasteiger partial charge in [-0.3, -0.25) is 19.7 Å². The number of esters is 1. The molecule has 1 amide bonds. The lowest BCUT2D eigenvalue weighted by molar-refractivity contribution is -0.383. The molecule has 7 nitrogen and oxygen atoms in total. The van der Waals surface area contributed by atoms with Gasteiger partial charge in [-0.15, -0.1) is 11.8 Å². The van der Waals surface area contributed by atoms with Gasteiger partial charge in [0.2, 0.25) is 5.91 Å². The maximum Gasteiger partial charge on any atom is 0.306 e. The van der Waals surface area contributed by atoms with Gasteiger partial charge in [-0.2, -0.15) is 0 Å². The van der Waals surface area contributed by atoms with Gasteiger partial charge in [0.1, 0.15) is 5.69 Å². The molecular formula is C13H16N2O5S. The van der Waals surface area contributed by atoms with Crippen molar-refractivity contribution in [3.05, 3.63) is 34.4 Å². The molecule has 114 valence electrons. The fraction of sp³-hybridized carbons (Fsp3) is 0.385. The van der Waals surface area contributed by atoms with Crippen molar-refractivity contribution in [3.63, 3.8) is 0 Å². The van der Waals surface area contributed by atoms with E-state index in [1.54, 1.807) is 13.0 Å². The number of ether oxygens (including phenoxy) is 1. The lowest BCUT2D eigenvalue weighted by Gasteiger charge is -2.11. The molecule has 0 radical (unpaired) electrons. The lowest BCUT2D eigenvalue weighted by Crippen LogP contribution is -2.23. The second-order valence-electron chi connectivity index (χ2n) is 4.10. The van der Waals surface area contributed by atoms with E-state index in [4.69, 9.17) is 0 Å². The van der Waals surface area contributed by atoms with Gasteiger partial charge in [-0.05, 0) is 13.0 Å². The van der Waals surface area contributed by atoms with Crippen LogP contribution < -0.4 is 5.32 Å². The van der Waals surface area contributed by atoms with E-state index < -0.39 is 10.2 Å². The molecule has 0 saturated heterocycles. The number of anilines is 1. The number of nitrogens with zero attached hydrogens (tertiary/aromatic N) is 1. The Bertz CT molecular complexity index is 535. The Kier molecular flexibility index (Phi) is 6.67. The molecule has 0 spiro atoms. The molecule has 0 aliphatic carbocycles. The predicted octanol–water partition coefficient (Wildman–Crippen LogP) is 2.22. The molecular weight excluding hydrogens is 296 g/mol. The summed E-state index contributed by atoms with van der Waals surface area (Å²) in [5, 5.41) is 12.9. The van der Waals surface area contributed by atoms with E-state index in [0.717, 1.165) is 0 Å². The summed E-state index contributed by atoms with van der Waals surface area (Å²) in [5.74, 6) is -0.244. The molecule has 1 N–H and O–H groups in total. The Balaban J connectivity index is 2.56. The molecule has 1 rings (SSSR count). The van der Waals surface area contributed by atoms with Crippen LogP contribution in [0.15, 0.2) is 24.3 Å². The standard InChI is InChI=1S/C13H16N2O5S/c1-9(21-8-7-12(16)20-2)13(17)14-10-5-3-4-6-11(10)15(18)19/h3-6,9H,7-8H2,1-2H3,(H,14,17)/t9-/m0/s1. The number of rotatable bonds is 7. The van der Waals surface area contributed by atoms with Crippen LogP contribution in [0.2, 0.25) is 0 Å². The van der Waals surface area contributed by atoms with Crippen molar-refractivity contribution in [2.24, 2.45) is 0 Å². The Morgan fingerprint density at radius 2 is 2.10 bits per heavy atom. The molecule has 0 aliphatic rings. The third-order valence-electron chi connectivity index (χ3n) is 2.63. The zero-order valence-corrected chi connectivity index (χ0v) is 12.5. The molecule has 1 atom stereocenters. The summed E-state index contributed by atoms with van der Waals surface area (Å²) >= 11 is 1.28. The van der Waals surface area contributed by atoms with E-state index in [1.165, 1.54) is 37.1 Å². The molecule has 0 fully saturated rings. The van der Waals surface area contributed by atoms with E-state index in [2.05, 4.69) is 10.1 Å². The minimum atomic E-state index is -0.551. The van der Waals surface area contributed by atoms with Crippen LogP contribution in [0, 0.1) is 10.1 Å². The fourth-order valence-corrected chi connectivity index (χ4v) is 2.32. The zero-order chi connectivity index (χ0) is 15.8. The number of hydrogen-bond donors (Lipinski definition) is 1. The largest absolute Gasteiger partial charge is 0.469 e. The third-order valence-corrected chi connectivity index (χ3v) is 3.78. The highest BCUT2D eigenvalue weighted by molar-refractivity contribution is 8.00. The van der Waals surface area contributed by atoms with Gasteiger partial charge in [0.25, 0.3) is 5.69 Å². The molecule has 0 aliphatic heterocycles. The van der Waals surface area contributed by atoms with Gasteiger partial charge in [-0.25, -0.2) is 0 Å². The second-order valence-corrected chi connectivity index (χ2v) is 5.55. The van der Waals surface area contributed by atoms with Crippen LogP contribution >= 0.6 is 11.8 Å². The van der Waals surface area contributed by atoms with Crippen molar-refractivity contribution >= 4 is 35.0 Å². The summed E-state index contributed by atoms with van der Waals surface area (Å²) in [5.41, 5.74) is 0.00512. The van der Waals surface area contributed by atoms with Crippen LogP contribution in [0.4, 0.5) is 11.4 Å². The summed E-state index contributed by atoms with van der Waals surface area (Å²) < 4.78 is 4.50. The van der Waals surface area contributed by atoms with Gasteiger partial charge in [0, 0.05) is 11.8 Å². The van der Waals surface area contributed by atoms with E-state index >= 15 is 0 Å². The van der Waals surface area contributed by atoms with E-state index in [-0.39, 0.29) is 29.7 Å². The van der Waals surface area contributed by atoms with Crippen LogP contribution in [0.5, 0.6) is 0 Å². The zero-order valence-electron chi connectivity index (χ0n) is 11.7. The molecule has 0 saturated carbocycles. The van der Waals surface area contributed by atoms with Gasteiger partial charge in [-0.1, -0.05) is 12.1 Å². The summed E-state index contributed by atoms with van der Waals surface area (Å²) in [6.45, 7) is 1.67. The van der Waals surface area contributed by atoms with Gasteiger partial charge >= 0.3 is 5.97 Å². The fourth-order valence-electron chi connectivity index (χ4n) is 1.47. The normalized spacial score (nSPS) is 11.5. The number of carbonyl (C=O) groups excluding carboxylic acids is 2. The number of thioether (sulfide) groups is 1. The van der Waals surface area contributed by atoms with E-state index in [0.29, 0.717) is 5.75 Å². The van der Waals surface area contributed by atoms with Crippen LogP contribution in [-0.4, -0.2) is 34.9 Å².